The van der Waals surface area contributed by atoms with Crippen LogP contribution in [0.4, 0.5) is 5.95 Å². The van der Waals surface area contributed by atoms with Crippen molar-refractivity contribution in [3.63, 3.8) is 0 Å². The lowest BCUT2D eigenvalue weighted by Crippen LogP contribution is -2.40. The zero-order valence-corrected chi connectivity index (χ0v) is 11.1. The first-order valence-electron chi connectivity index (χ1n) is 6.52. The van der Waals surface area contributed by atoms with Crippen molar-refractivity contribution in [2.75, 3.05) is 11.9 Å². The van der Waals surface area contributed by atoms with E-state index >= 15 is 0 Å². The molecule has 1 aromatic heterocycles. The van der Waals surface area contributed by atoms with Gasteiger partial charge in [-0.3, -0.25) is 0 Å². The van der Waals surface area contributed by atoms with E-state index in [1.807, 2.05) is 12.4 Å². The molecule has 0 aliphatic carbocycles. The Labute approximate surface area is 103 Å². The third-order valence-electron chi connectivity index (χ3n) is 3.21. The first-order valence-corrected chi connectivity index (χ1v) is 6.52. The summed E-state index contributed by atoms with van der Waals surface area (Å²) in [5, 5.41) is 3.54. The molecule has 1 unspecified atom stereocenters. The molecule has 4 heteroatoms. The fourth-order valence-electron chi connectivity index (χ4n) is 2.41. The summed E-state index contributed by atoms with van der Waals surface area (Å²) in [6.45, 7) is 8.34. The maximum atomic E-state index is 5.73. The number of hydrogen-bond donors (Lipinski definition) is 1. The summed E-state index contributed by atoms with van der Waals surface area (Å²) in [5.41, 5.74) is -0.0158. The smallest absolute Gasteiger partial charge is 0.202 e. The highest BCUT2D eigenvalue weighted by Gasteiger charge is 2.29. The number of nitrogens with zero attached hydrogens (tertiary/aromatic N) is 2. The van der Waals surface area contributed by atoms with Crippen LogP contribution in [0.25, 0.3) is 0 Å². The predicted octanol–water partition coefficient (Wildman–Crippen LogP) is 2.66. The molecule has 0 spiro atoms. The summed E-state index contributed by atoms with van der Waals surface area (Å²) in [4.78, 5) is 4.39. The van der Waals surface area contributed by atoms with E-state index in [4.69, 9.17) is 4.74 Å². The minimum atomic E-state index is -0.0158. The first-order chi connectivity index (χ1) is 8.11. The minimum absolute atomic E-state index is 0.0158. The molecule has 0 saturated carbocycles. The molecule has 0 bridgehead atoms. The molecule has 1 atom stereocenters. The van der Waals surface area contributed by atoms with Crippen LogP contribution in [-0.2, 0) is 11.3 Å². The first kappa shape index (κ1) is 12.4. The average molecular weight is 237 g/mol. The second-order valence-electron chi connectivity index (χ2n) is 5.39. The molecular weight excluding hydrogens is 214 g/mol. The van der Waals surface area contributed by atoms with Crippen LogP contribution in [0.2, 0.25) is 0 Å². The molecule has 0 aromatic carbocycles. The van der Waals surface area contributed by atoms with E-state index in [0.717, 1.165) is 38.4 Å². The number of imidazole rings is 1. The molecule has 96 valence electrons. The Morgan fingerprint density at radius 2 is 2.41 bits per heavy atom. The normalized spacial score (nSPS) is 23.6. The largest absolute Gasteiger partial charge is 0.375 e. The Bertz CT molecular complexity index is 359. The van der Waals surface area contributed by atoms with Crippen LogP contribution in [0.15, 0.2) is 12.4 Å². The summed E-state index contributed by atoms with van der Waals surface area (Å²) < 4.78 is 7.91. The molecule has 1 aromatic rings. The second kappa shape index (κ2) is 5.08. The summed E-state index contributed by atoms with van der Waals surface area (Å²) in [5.74, 6) is 0.995. The second-order valence-corrected chi connectivity index (χ2v) is 5.39. The van der Waals surface area contributed by atoms with Crippen molar-refractivity contribution in [2.45, 2.75) is 58.2 Å². The molecule has 1 saturated heterocycles. The van der Waals surface area contributed by atoms with Crippen LogP contribution in [0.5, 0.6) is 0 Å². The van der Waals surface area contributed by atoms with Crippen LogP contribution in [0, 0.1) is 0 Å². The van der Waals surface area contributed by atoms with Crippen LogP contribution in [0.3, 0.4) is 0 Å². The standard InChI is InChI=1S/C13H23N3O/c1-4-7-16-8-6-14-12(16)15-11-5-9-17-13(2,3)10-11/h6,8,11H,4-5,7,9-10H2,1-3H3,(H,14,15). The summed E-state index contributed by atoms with van der Waals surface area (Å²) in [7, 11) is 0. The molecule has 17 heavy (non-hydrogen) atoms. The molecule has 4 nitrogen and oxygen atoms in total. The number of aromatic nitrogens is 2. The van der Waals surface area contributed by atoms with E-state index in [0.29, 0.717) is 6.04 Å². The third kappa shape index (κ3) is 3.22. The highest BCUT2D eigenvalue weighted by atomic mass is 16.5. The van der Waals surface area contributed by atoms with E-state index < -0.39 is 0 Å². The summed E-state index contributed by atoms with van der Waals surface area (Å²) in [6.07, 6.45) is 7.12. The SMILES string of the molecule is CCCn1ccnc1NC1CCOC(C)(C)C1. The molecule has 0 amide bonds. The van der Waals surface area contributed by atoms with E-state index in [-0.39, 0.29) is 5.60 Å². The number of rotatable bonds is 4. The van der Waals surface area contributed by atoms with Gasteiger partial charge in [-0.25, -0.2) is 4.98 Å². The highest BCUT2D eigenvalue weighted by molar-refractivity contribution is 5.28. The molecule has 0 radical (unpaired) electrons. The lowest BCUT2D eigenvalue weighted by atomic mass is 9.94. The van der Waals surface area contributed by atoms with Crippen LogP contribution < -0.4 is 5.32 Å². The Morgan fingerprint density at radius 3 is 3.12 bits per heavy atom. The summed E-state index contributed by atoms with van der Waals surface area (Å²) in [6, 6.07) is 0.469. The van der Waals surface area contributed by atoms with E-state index in [1.165, 1.54) is 0 Å². The molecule has 2 heterocycles. The Hall–Kier alpha value is -1.03. The van der Waals surface area contributed by atoms with Crippen molar-refractivity contribution in [1.82, 2.24) is 9.55 Å². The Balaban J connectivity index is 1.98. The van der Waals surface area contributed by atoms with Crippen LogP contribution in [-0.4, -0.2) is 27.8 Å². The highest BCUT2D eigenvalue weighted by Crippen LogP contribution is 2.25. The van der Waals surface area contributed by atoms with Gasteiger partial charge in [0.2, 0.25) is 5.95 Å². The number of hydrogen-bond acceptors (Lipinski definition) is 3. The maximum Gasteiger partial charge on any atom is 0.202 e. The number of anilines is 1. The fraction of sp³-hybridized carbons (Fsp3) is 0.769. The zero-order valence-electron chi connectivity index (χ0n) is 11.1. The fourth-order valence-corrected chi connectivity index (χ4v) is 2.41. The van der Waals surface area contributed by atoms with Gasteiger partial charge in [0.1, 0.15) is 0 Å². The third-order valence-corrected chi connectivity index (χ3v) is 3.21. The Morgan fingerprint density at radius 1 is 1.59 bits per heavy atom. The van der Waals surface area contributed by atoms with Gasteiger partial charge in [0.25, 0.3) is 0 Å². The van der Waals surface area contributed by atoms with Crippen LogP contribution in [0.1, 0.15) is 40.0 Å². The van der Waals surface area contributed by atoms with Crippen molar-refractivity contribution in [3.05, 3.63) is 12.4 Å². The minimum Gasteiger partial charge on any atom is -0.375 e. The molecule has 2 rings (SSSR count). The molecule has 1 aliphatic rings. The van der Waals surface area contributed by atoms with Gasteiger partial charge in [0, 0.05) is 31.6 Å². The van der Waals surface area contributed by atoms with Crippen molar-refractivity contribution >= 4 is 5.95 Å². The van der Waals surface area contributed by atoms with Gasteiger partial charge < -0.3 is 14.6 Å². The number of nitrogens with one attached hydrogen (secondary N) is 1. The topological polar surface area (TPSA) is 39.1 Å². The number of ether oxygens (including phenoxy) is 1. The van der Waals surface area contributed by atoms with E-state index in [2.05, 4.69) is 35.6 Å². The van der Waals surface area contributed by atoms with Crippen LogP contribution >= 0.6 is 0 Å². The number of aryl methyl sites for hydroxylation is 1. The average Bonchev–Trinajstić information content (AvgIpc) is 2.65. The quantitative estimate of drug-likeness (QED) is 0.875. The lowest BCUT2D eigenvalue weighted by Gasteiger charge is -2.36. The van der Waals surface area contributed by atoms with Gasteiger partial charge >= 0.3 is 0 Å². The van der Waals surface area contributed by atoms with Crippen molar-refractivity contribution in [3.8, 4) is 0 Å². The van der Waals surface area contributed by atoms with Gasteiger partial charge in [-0.2, -0.15) is 0 Å². The van der Waals surface area contributed by atoms with Gasteiger partial charge in [0.15, 0.2) is 0 Å². The van der Waals surface area contributed by atoms with Crippen molar-refractivity contribution < 1.29 is 4.74 Å². The van der Waals surface area contributed by atoms with E-state index in [9.17, 15) is 0 Å². The molecule has 1 fully saturated rings. The van der Waals surface area contributed by atoms with E-state index in [1.54, 1.807) is 0 Å². The van der Waals surface area contributed by atoms with Crippen molar-refractivity contribution in [2.24, 2.45) is 0 Å². The molecule has 1 N–H and O–H groups in total. The predicted molar refractivity (Wildman–Crippen MR) is 69.2 cm³/mol. The molecule has 1 aliphatic heterocycles. The zero-order chi connectivity index (χ0) is 12.3. The van der Waals surface area contributed by atoms with Gasteiger partial charge in [-0.1, -0.05) is 6.92 Å². The van der Waals surface area contributed by atoms with Gasteiger partial charge in [-0.15, -0.1) is 0 Å². The Kier molecular flexibility index (Phi) is 3.72. The van der Waals surface area contributed by atoms with Gasteiger partial charge in [-0.05, 0) is 33.1 Å². The molecular formula is C13H23N3O. The summed E-state index contributed by atoms with van der Waals surface area (Å²) >= 11 is 0. The maximum absolute atomic E-state index is 5.73. The van der Waals surface area contributed by atoms with Crippen molar-refractivity contribution in [1.29, 1.82) is 0 Å². The van der Waals surface area contributed by atoms with Gasteiger partial charge in [0.05, 0.1) is 5.60 Å². The lowest BCUT2D eigenvalue weighted by molar-refractivity contribution is -0.0554. The monoisotopic (exact) mass is 237 g/mol.